The molecule has 1 aliphatic rings. The van der Waals surface area contributed by atoms with Crippen LogP contribution < -0.4 is 5.32 Å². The first-order chi connectivity index (χ1) is 9.15. The summed E-state index contributed by atoms with van der Waals surface area (Å²) in [5, 5.41) is 11.2. The van der Waals surface area contributed by atoms with Crippen molar-refractivity contribution in [2.45, 2.75) is 39.7 Å². The summed E-state index contributed by atoms with van der Waals surface area (Å²) in [6, 6.07) is 7.13. The van der Waals surface area contributed by atoms with Crippen LogP contribution in [-0.4, -0.2) is 16.7 Å². The highest BCUT2D eigenvalue weighted by atomic mass is 15.1. The number of hydrogen-bond donors (Lipinski definition) is 2. The maximum Gasteiger partial charge on any atom is 0.0926 e. The molecule has 0 aliphatic carbocycles. The van der Waals surface area contributed by atoms with Gasteiger partial charge in [0.1, 0.15) is 0 Å². The summed E-state index contributed by atoms with van der Waals surface area (Å²) in [4.78, 5) is 0. The quantitative estimate of drug-likeness (QED) is 0.863. The maximum absolute atomic E-state index is 4.50. The molecule has 0 bridgehead atoms. The minimum absolute atomic E-state index is 0.452. The third-order valence-electron chi connectivity index (χ3n) is 4.15. The number of aromatic nitrogens is 2. The standard InChI is InChI=1S/C16H21N3/c1-10-7-12(3)13(8-11(10)2)15-9-16(19-18-15)14-5-4-6-17-14/h7-9,14,17H,4-6H2,1-3H3,(H,18,19). The Bertz CT molecular complexity index is 592. The molecule has 1 aromatic heterocycles. The zero-order valence-electron chi connectivity index (χ0n) is 11.9. The van der Waals surface area contributed by atoms with E-state index in [0.717, 1.165) is 12.2 Å². The summed E-state index contributed by atoms with van der Waals surface area (Å²) >= 11 is 0. The molecule has 1 saturated heterocycles. The predicted octanol–water partition coefficient (Wildman–Crippen LogP) is 3.43. The number of H-pyrrole nitrogens is 1. The fraction of sp³-hybridized carbons (Fsp3) is 0.438. The highest BCUT2D eigenvalue weighted by molar-refractivity contribution is 5.65. The zero-order chi connectivity index (χ0) is 13.4. The fourth-order valence-corrected chi connectivity index (χ4v) is 2.84. The van der Waals surface area contributed by atoms with E-state index in [1.807, 2.05) is 0 Å². The van der Waals surface area contributed by atoms with Crippen LogP contribution in [-0.2, 0) is 0 Å². The Labute approximate surface area is 114 Å². The highest BCUT2D eigenvalue weighted by Crippen LogP contribution is 2.28. The molecular formula is C16H21N3. The number of aromatic amines is 1. The Morgan fingerprint density at radius 1 is 1.05 bits per heavy atom. The van der Waals surface area contributed by atoms with Crippen LogP contribution in [0.4, 0.5) is 0 Å². The fourth-order valence-electron chi connectivity index (χ4n) is 2.84. The van der Waals surface area contributed by atoms with Gasteiger partial charge in [-0.15, -0.1) is 0 Å². The van der Waals surface area contributed by atoms with E-state index in [9.17, 15) is 0 Å². The molecule has 0 amide bonds. The molecule has 1 unspecified atom stereocenters. The molecule has 1 fully saturated rings. The number of rotatable bonds is 2. The molecule has 0 saturated carbocycles. The van der Waals surface area contributed by atoms with Crippen LogP contribution in [0.5, 0.6) is 0 Å². The highest BCUT2D eigenvalue weighted by Gasteiger charge is 2.19. The summed E-state index contributed by atoms with van der Waals surface area (Å²) < 4.78 is 0. The van der Waals surface area contributed by atoms with Crippen LogP contribution in [0.25, 0.3) is 11.3 Å². The molecule has 3 heteroatoms. The molecule has 1 aromatic carbocycles. The van der Waals surface area contributed by atoms with Gasteiger partial charge in [-0.2, -0.15) is 5.10 Å². The van der Waals surface area contributed by atoms with Crippen LogP contribution in [0, 0.1) is 20.8 Å². The van der Waals surface area contributed by atoms with Gasteiger partial charge in [-0.3, -0.25) is 5.10 Å². The largest absolute Gasteiger partial charge is 0.309 e. The predicted molar refractivity (Wildman–Crippen MR) is 78.2 cm³/mol. The third kappa shape index (κ3) is 2.30. The zero-order valence-corrected chi connectivity index (χ0v) is 11.9. The molecule has 0 spiro atoms. The van der Waals surface area contributed by atoms with Crippen molar-refractivity contribution in [2.75, 3.05) is 6.54 Å². The van der Waals surface area contributed by atoms with E-state index in [4.69, 9.17) is 0 Å². The van der Waals surface area contributed by atoms with Crippen LogP contribution in [0.1, 0.15) is 41.3 Å². The van der Waals surface area contributed by atoms with Gasteiger partial charge in [0.05, 0.1) is 11.4 Å². The Morgan fingerprint density at radius 2 is 1.84 bits per heavy atom. The first-order valence-corrected chi connectivity index (χ1v) is 7.02. The van der Waals surface area contributed by atoms with Gasteiger partial charge in [0.2, 0.25) is 0 Å². The molecule has 1 atom stereocenters. The lowest BCUT2D eigenvalue weighted by Crippen LogP contribution is -2.12. The summed E-state index contributed by atoms with van der Waals surface area (Å²) in [5.74, 6) is 0. The lowest BCUT2D eigenvalue weighted by Gasteiger charge is -2.07. The van der Waals surface area contributed by atoms with Crippen LogP contribution in [0.2, 0.25) is 0 Å². The van der Waals surface area contributed by atoms with Crippen molar-refractivity contribution in [3.05, 3.63) is 40.6 Å². The van der Waals surface area contributed by atoms with Gasteiger partial charge in [-0.25, -0.2) is 0 Å². The monoisotopic (exact) mass is 255 g/mol. The molecular weight excluding hydrogens is 234 g/mol. The van der Waals surface area contributed by atoms with Crippen molar-refractivity contribution in [1.82, 2.24) is 15.5 Å². The molecule has 19 heavy (non-hydrogen) atoms. The van der Waals surface area contributed by atoms with E-state index in [1.54, 1.807) is 0 Å². The average Bonchev–Trinajstić information content (AvgIpc) is 3.03. The van der Waals surface area contributed by atoms with Gasteiger partial charge in [0, 0.05) is 11.6 Å². The van der Waals surface area contributed by atoms with Crippen molar-refractivity contribution < 1.29 is 0 Å². The SMILES string of the molecule is Cc1cc(C)c(-c2cc(C3CCCN3)[nH]n2)cc1C. The Morgan fingerprint density at radius 3 is 2.58 bits per heavy atom. The summed E-state index contributed by atoms with van der Waals surface area (Å²) in [5.41, 5.74) is 7.47. The van der Waals surface area contributed by atoms with E-state index in [-0.39, 0.29) is 0 Å². The van der Waals surface area contributed by atoms with E-state index in [0.29, 0.717) is 6.04 Å². The van der Waals surface area contributed by atoms with Gasteiger partial charge >= 0.3 is 0 Å². The van der Waals surface area contributed by atoms with Crippen molar-refractivity contribution in [3.8, 4) is 11.3 Å². The number of hydrogen-bond acceptors (Lipinski definition) is 2. The first kappa shape index (κ1) is 12.4. The van der Waals surface area contributed by atoms with Crippen LogP contribution in [0.15, 0.2) is 18.2 Å². The normalized spacial score (nSPS) is 19.0. The molecule has 2 aromatic rings. The van der Waals surface area contributed by atoms with E-state index < -0.39 is 0 Å². The Kier molecular flexibility index (Phi) is 3.15. The number of nitrogens with zero attached hydrogens (tertiary/aromatic N) is 1. The lowest BCUT2D eigenvalue weighted by atomic mass is 9.98. The first-order valence-electron chi connectivity index (χ1n) is 7.02. The molecule has 2 N–H and O–H groups in total. The average molecular weight is 255 g/mol. The van der Waals surface area contributed by atoms with Crippen molar-refractivity contribution in [2.24, 2.45) is 0 Å². The topological polar surface area (TPSA) is 40.7 Å². The summed E-state index contributed by atoms with van der Waals surface area (Å²) in [6.45, 7) is 7.58. The number of benzene rings is 1. The van der Waals surface area contributed by atoms with E-state index in [1.165, 1.54) is 40.8 Å². The van der Waals surface area contributed by atoms with Crippen molar-refractivity contribution >= 4 is 0 Å². The minimum atomic E-state index is 0.452. The molecule has 100 valence electrons. The molecule has 3 nitrogen and oxygen atoms in total. The van der Waals surface area contributed by atoms with Gasteiger partial charge < -0.3 is 5.32 Å². The van der Waals surface area contributed by atoms with Crippen LogP contribution >= 0.6 is 0 Å². The van der Waals surface area contributed by atoms with Crippen molar-refractivity contribution in [1.29, 1.82) is 0 Å². The smallest absolute Gasteiger partial charge is 0.0926 e. The van der Waals surface area contributed by atoms with Gasteiger partial charge in [-0.1, -0.05) is 6.07 Å². The van der Waals surface area contributed by atoms with E-state index in [2.05, 4.69) is 54.5 Å². The molecule has 0 radical (unpaired) electrons. The molecule has 2 heterocycles. The lowest BCUT2D eigenvalue weighted by molar-refractivity contribution is 0.625. The van der Waals surface area contributed by atoms with Gasteiger partial charge in [0.15, 0.2) is 0 Å². The minimum Gasteiger partial charge on any atom is -0.309 e. The Balaban J connectivity index is 1.96. The Hall–Kier alpha value is -1.61. The molecule has 3 rings (SSSR count). The second kappa shape index (κ2) is 4.82. The summed E-state index contributed by atoms with van der Waals surface area (Å²) in [7, 11) is 0. The van der Waals surface area contributed by atoms with E-state index >= 15 is 0 Å². The third-order valence-corrected chi connectivity index (χ3v) is 4.15. The number of nitrogens with one attached hydrogen (secondary N) is 2. The molecule has 1 aliphatic heterocycles. The number of aryl methyl sites for hydroxylation is 3. The maximum atomic E-state index is 4.50. The second-order valence-corrected chi connectivity index (χ2v) is 5.61. The summed E-state index contributed by atoms with van der Waals surface area (Å²) in [6.07, 6.45) is 2.45. The van der Waals surface area contributed by atoms with Crippen molar-refractivity contribution in [3.63, 3.8) is 0 Å². The van der Waals surface area contributed by atoms with Crippen LogP contribution in [0.3, 0.4) is 0 Å². The second-order valence-electron chi connectivity index (χ2n) is 5.61. The van der Waals surface area contributed by atoms with Gasteiger partial charge in [0.25, 0.3) is 0 Å². The van der Waals surface area contributed by atoms with Gasteiger partial charge in [-0.05, 0) is 69.0 Å².